The molecule has 2 rings (SSSR count). The molecule has 0 aromatic heterocycles. The largest absolute Gasteiger partial charge is 0.0955 e. The van der Waals surface area contributed by atoms with Gasteiger partial charge in [0, 0.05) is 0 Å². The number of allylic oxidation sites excluding steroid dienone is 2. The molecule has 0 aliphatic heterocycles. The molecule has 0 heterocycles. The van der Waals surface area contributed by atoms with Crippen LogP contribution in [0, 0.1) is 0 Å². The van der Waals surface area contributed by atoms with Crippen molar-refractivity contribution in [2.75, 3.05) is 0 Å². The predicted octanol–water partition coefficient (Wildman–Crippen LogP) is 5.34. The van der Waals surface area contributed by atoms with Gasteiger partial charge in [0.2, 0.25) is 0 Å². The summed E-state index contributed by atoms with van der Waals surface area (Å²) < 4.78 is 0. The van der Waals surface area contributed by atoms with Gasteiger partial charge in [-0.3, -0.25) is 0 Å². The van der Waals surface area contributed by atoms with Crippen LogP contribution >= 0.6 is 0 Å². The van der Waals surface area contributed by atoms with Crippen molar-refractivity contribution in [3.05, 3.63) is 83.9 Å². The van der Waals surface area contributed by atoms with Crippen LogP contribution in [0.25, 0.3) is 11.1 Å². The van der Waals surface area contributed by atoms with Gasteiger partial charge < -0.3 is 0 Å². The van der Waals surface area contributed by atoms with Gasteiger partial charge >= 0.3 is 0 Å². The summed E-state index contributed by atoms with van der Waals surface area (Å²) in [5.41, 5.74) is 7.29. The van der Waals surface area contributed by atoms with Crippen LogP contribution in [0.3, 0.4) is 0 Å². The van der Waals surface area contributed by atoms with Crippen molar-refractivity contribution in [1.82, 2.24) is 0 Å². The zero-order valence-electron chi connectivity index (χ0n) is 11.7. The van der Waals surface area contributed by atoms with Crippen LogP contribution in [0.5, 0.6) is 0 Å². The summed E-state index contributed by atoms with van der Waals surface area (Å²) in [7, 11) is 0. The van der Waals surface area contributed by atoms with Gasteiger partial charge in [-0.25, -0.2) is 0 Å². The molecule has 0 saturated heterocycles. The first-order chi connectivity index (χ1) is 9.06. The Bertz CT molecular complexity index is 527. The molecule has 0 spiro atoms. The van der Waals surface area contributed by atoms with Crippen LogP contribution in [0.1, 0.15) is 36.1 Å². The monoisotopic (exact) mass is 248 g/mol. The Labute approximate surface area is 116 Å². The molecule has 0 aliphatic carbocycles. The standard InChI is InChI=1S/C19H20/c1-14(2)18-9-5-16(6-10-18)13-17-7-11-19(12-8-17)15(3)4/h5-12H,1,3,13H2,2,4H3. The van der Waals surface area contributed by atoms with E-state index in [0.29, 0.717) is 0 Å². The number of hydrogen-bond acceptors (Lipinski definition) is 0. The minimum atomic E-state index is 0.965. The number of hydrogen-bond donors (Lipinski definition) is 0. The first-order valence-electron chi connectivity index (χ1n) is 6.56. The molecule has 2 aromatic rings. The van der Waals surface area contributed by atoms with E-state index in [1.807, 2.05) is 13.8 Å². The summed E-state index contributed by atoms with van der Waals surface area (Å²) in [5.74, 6) is 0. The topological polar surface area (TPSA) is 0 Å². The van der Waals surface area contributed by atoms with E-state index in [1.165, 1.54) is 22.3 Å². The third kappa shape index (κ3) is 3.45. The fraction of sp³-hybridized carbons (Fsp3) is 0.158. The molecule has 96 valence electrons. The highest BCUT2D eigenvalue weighted by atomic mass is 14.0. The molecule has 2 aromatic carbocycles. The lowest BCUT2D eigenvalue weighted by atomic mass is 10.00. The summed E-state index contributed by atoms with van der Waals surface area (Å²) >= 11 is 0. The lowest BCUT2D eigenvalue weighted by Crippen LogP contribution is -1.89. The van der Waals surface area contributed by atoms with Crippen LogP contribution in [-0.4, -0.2) is 0 Å². The molecule has 0 fully saturated rings. The maximum Gasteiger partial charge on any atom is -0.00258 e. The smallest absolute Gasteiger partial charge is 0.00258 e. The maximum absolute atomic E-state index is 3.96. The molecule has 0 atom stereocenters. The minimum Gasteiger partial charge on any atom is -0.0955 e. The Morgan fingerprint density at radius 3 is 1.26 bits per heavy atom. The van der Waals surface area contributed by atoms with Gasteiger partial charge in [-0.05, 0) is 42.5 Å². The van der Waals surface area contributed by atoms with Gasteiger partial charge in [0.05, 0.1) is 0 Å². The molecule has 0 N–H and O–H groups in total. The molecule has 0 radical (unpaired) electrons. The average Bonchev–Trinajstić information content (AvgIpc) is 2.40. The zero-order valence-corrected chi connectivity index (χ0v) is 11.7. The SMILES string of the molecule is C=C(C)c1ccc(Cc2ccc(C(=C)C)cc2)cc1. The van der Waals surface area contributed by atoms with E-state index in [-0.39, 0.29) is 0 Å². The van der Waals surface area contributed by atoms with Gasteiger partial charge in [-0.2, -0.15) is 0 Å². The van der Waals surface area contributed by atoms with Crippen molar-refractivity contribution < 1.29 is 0 Å². The van der Waals surface area contributed by atoms with Crippen molar-refractivity contribution in [1.29, 1.82) is 0 Å². The van der Waals surface area contributed by atoms with Gasteiger partial charge in [-0.15, -0.1) is 0 Å². The lowest BCUT2D eigenvalue weighted by molar-refractivity contribution is 1.19. The normalized spacial score (nSPS) is 10.2. The third-order valence-corrected chi connectivity index (χ3v) is 3.30. The summed E-state index contributed by atoms with van der Waals surface area (Å²) in [4.78, 5) is 0. The lowest BCUT2D eigenvalue weighted by Gasteiger charge is -2.06. The van der Waals surface area contributed by atoms with E-state index >= 15 is 0 Å². The van der Waals surface area contributed by atoms with E-state index in [1.54, 1.807) is 0 Å². The fourth-order valence-electron chi connectivity index (χ4n) is 2.05. The van der Waals surface area contributed by atoms with Crippen LogP contribution in [-0.2, 0) is 6.42 Å². The molecule has 0 aliphatic rings. The van der Waals surface area contributed by atoms with Crippen LogP contribution in [0.15, 0.2) is 61.7 Å². The molecule has 0 heteroatoms. The highest BCUT2D eigenvalue weighted by Crippen LogP contribution is 2.17. The van der Waals surface area contributed by atoms with E-state index < -0.39 is 0 Å². The molecule has 0 nitrogen and oxygen atoms in total. The van der Waals surface area contributed by atoms with Gasteiger partial charge in [-0.1, -0.05) is 72.8 Å². The third-order valence-electron chi connectivity index (χ3n) is 3.30. The van der Waals surface area contributed by atoms with E-state index in [2.05, 4.69) is 61.7 Å². The maximum atomic E-state index is 3.96. The fourth-order valence-corrected chi connectivity index (χ4v) is 2.05. The minimum absolute atomic E-state index is 0.965. The average molecular weight is 248 g/mol. The Balaban J connectivity index is 2.12. The van der Waals surface area contributed by atoms with Gasteiger partial charge in [0.25, 0.3) is 0 Å². The van der Waals surface area contributed by atoms with Crippen molar-refractivity contribution in [2.45, 2.75) is 20.3 Å². The highest BCUT2D eigenvalue weighted by molar-refractivity contribution is 5.62. The quantitative estimate of drug-likeness (QED) is 0.684. The number of rotatable bonds is 4. The zero-order chi connectivity index (χ0) is 13.8. The second-order valence-electron chi connectivity index (χ2n) is 5.13. The first-order valence-corrected chi connectivity index (χ1v) is 6.56. The van der Waals surface area contributed by atoms with Crippen LogP contribution < -0.4 is 0 Å². The number of benzene rings is 2. The molecule has 0 unspecified atom stereocenters. The Kier molecular flexibility index (Phi) is 4.01. The Morgan fingerprint density at radius 2 is 1.00 bits per heavy atom. The summed E-state index contributed by atoms with van der Waals surface area (Å²) in [6.45, 7) is 12.0. The molecule has 19 heavy (non-hydrogen) atoms. The Hall–Kier alpha value is -2.08. The molecule has 0 saturated carbocycles. The van der Waals surface area contributed by atoms with E-state index in [0.717, 1.165) is 17.6 Å². The van der Waals surface area contributed by atoms with Crippen molar-refractivity contribution >= 4 is 11.1 Å². The second kappa shape index (κ2) is 5.71. The van der Waals surface area contributed by atoms with Crippen molar-refractivity contribution in [3.8, 4) is 0 Å². The molecular formula is C19H20. The van der Waals surface area contributed by atoms with Gasteiger partial charge in [0.15, 0.2) is 0 Å². The van der Waals surface area contributed by atoms with E-state index in [9.17, 15) is 0 Å². The van der Waals surface area contributed by atoms with Gasteiger partial charge in [0.1, 0.15) is 0 Å². The van der Waals surface area contributed by atoms with Crippen LogP contribution in [0.4, 0.5) is 0 Å². The molecule has 0 bridgehead atoms. The van der Waals surface area contributed by atoms with Crippen LogP contribution in [0.2, 0.25) is 0 Å². The van der Waals surface area contributed by atoms with Crippen molar-refractivity contribution in [3.63, 3.8) is 0 Å². The molecular weight excluding hydrogens is 228 g/mol. The summed E-state index contributed by atoms with van der Waals surface area (Å²) in [6.07, 6.45) is 0.965. The summed E-state index contributed by atoms with van der Waals surface area (Å²) in [5, 5.41) is 0. The van der Waals surface area contributed by atoms with Crippen molar-refractivity contribution in [2.24, 2.45) is 0 Å². The summed E-state index contributed by atoms with van der Waals surface area (Å²) in [6, 6.07) is 17.3. The van der Waals surface area contributed by atoms with E-state index in [4.69, 9.17) is 0 Å². The Morgan fingerprint density at radius 1 is 0.684 bits per heavy atom. The second-order valence-corrected chi connectivity index (χ2v) is 5.13. The highest BCUT2D eigenvalue weighted by Gasteiger charge is 1.99. The first kappa shape index (κ1) is 13.4. The predicted molar refractivity (Wildman–Crippen MR) is 85.1 cm³/mol. The molecule has 0 amide bonds.